The van der Waals surface area contributed by atoms with E-state index in [1.165, 1.54) is 44.9 Å². The zero-order valence-electron chi connectivity index (χ0n) is 37.6. The van der Waals surface area contributed by atoms with E-state index in [1.54, 1.807) is 0 Å². The SMILES string of the molecule is CCCCC/C=C\C/C=C\C/C=C\CCCCCCC(=O)OC[C@H](COP(=O)([O-])OCC[N+](C)(C)C)OC(=O)CCC/C=C\CC1OC1C/C=C\C/C=C\CCCCC. The van der Waals surface area contributed by atoms with Crippen LogP contribution in [0, 0.1) is 0 Å². The first-order valence-electron chi connectivity index (χ1n) is 22.8. The maximum absolute atomic E-state index is 12.7. The largest absolute Gasteiger partial charge is 0.756 e. The molecule has 0 spiro atoms. The van der Waals surface area contributed by atoms with Gasteiger partial charge in [0.15, 0.2) is 6.10 Å². The van der Waals surface area contributed by atoms with Crippen molar-refractivity contribution in [3.05, 3.63) is 72.9 Å². The minimum absolute atomic E-state index is 0.0517. The molecule has 3 unspecified atom stereocenters. The third-order valence-electron chi connectivity index (χ3n) is 9.60. The molecule has 1 saturated heterocycles. The molecule has 0 aromatic heterocycles. The first-order chi connectivity index (χ1) is 28.5. The molecule has 0 bridgehead atoms. The standard InChI is InChI=1S/C48H82NO9P/c1-6-8-10-12-14-16-17-18-19-20-21-22-23-25-27-29-34-38-47(50)54-42-44(43-56-59(52,53)55-41-40-49(3,4)5)57-48(51)39-35-31-30-33-37-46-45(58-46)36-32-28-26-24-15-13-11-9-7-2/h14-16,18-19,21-22,24,28,30,32-33,44-46H,6-13,17,20,23,25-27,29,31,34-43H2,1-5H3/b16-14-,19-18-,22-21-,24-15-,32-28-,33-30-/t44-,45?,46?/m1/s1. The van der Waals surface area contributed by atoms with Gasteiger partial charge in [0.05, 0.1) is 40.0 Å². The molecule has 1 rings (SSSR count). The number of nitrogens with zero attached hydrogens (tertiary/aromatic N) is 1. The number of carbonyl (C=O) groups excluding carboxylic acids is 2. The molecule has 4 atom stereocenters. The second-order valence-corrected chi connectivity index (χ2v) is 17.9. The van der Waals surface area contributed by atoms with Gasteiger partial charge in [-0.2, -0.15) is 0 Å². The van der Waals surface area contributed by atoms with Gasteiger partial charge in [0.2, 0.25) is 0 Å². The molecule has 0 amide bonds. The normalized spacial score (nSPS) is 17.7. The van der Waals surface area contributed by atoms with E-state index in [0.29, 0.717) is 30.3 Å². The van der Waals surface area contributed by atoms with E-state index < -0.39 is 32.5 Å². The Balaban J connectivity index is 2.35. The van der Waals surface area contributed by atoms with Crippen molar-refractivity contribution in [2.45, 2.75) is 173 Å². The van der Waals surface area contributed by atoms with Gasteiger partial charge in [0, 0.05) is 12.8 Å². The van der Waals surface area contributed by atoms with Crippen LogP contribution >= 0.6 is 7.82 Å². The number of hydrogen-bond acceptors (Lipinski definition) is 9. The van der Waals surface area contributed by atoms with Crippen molar-refractivity contribution < 1.29 is 46.8 Å². The summed E-state index contributed by atoms with van der Waals surface area (Å²) < 4.78 is 39.6. The number of likely N-dealkylation sites (N-methyl/N-ethyl adjacent to an activating group) is 1. The van der Waals surface area contributed by atoms with E-state index in [2.05, 4.69) is 80.7 Å². The zero-order valence-corrected chi connectivity index (χ0v) is 38.5. The van der Waals surface area contributed by atoms with Gasteiger partial charge in [0.25, 0.3) is 7.82 Å². The van der Waals surface area contributed by atoms with Gasteiger partial charge >= 0.3 is 11.9 Å². The topological polar surface area (TPSA) is 124 Å². The molecule has 1 aliphatic heterocycles. The first kappa shape index (κ1) is 54.4. The van der Waals surface area contributed by atoms with Crippen molar-refractivity contribution in [3.8, 4) is 0 Å². The number of phosphoric acid groups is 1. The Morgan fingerprint density at radius 1 is 0.610 bits per heavy atom. The van der Waals surface area contributed by atoms with E-state index >= 15 is 0 Å². The van der Waals surface area contributed by atoms with Crippen LogP contribution in [0.25, 0.3) is 0 Å². The van der Waals surface area contributed by atoms with E-state index in [1.807, 2.05) is 27.2 Å². The smallest absolute Gasteiger partial charge is 0.306 e. The third-order valence-corrected chi connectivity index (χ3v) is 10.6. The van der Waals surface area contributed by atoms with Crippen LogP contribution in [0.1, 0.15) is 155 Å². The van der Waals surface area contributed by atoms with Gasteiger partial charge in [-0.3, -0.25) is 14.2 Å². The fourth-order valence-electron chi connectivity index (χ4n) is 5.87. The Morgan fingerprint density at radius 3 is 1.66 bits per heavy atom. The minimum Gasteiger partial charge on any atom is -0.756 e. The molecular weight excluding hydrogens is 765 g/mol. The quantitative estimate of drug-likeness (QED) is 0.0148. The summed E-state index contributed by atoms with van der Waals surface area (Å²) in [6.45, 7) is 4.04. The minimum atomic E-state index is -4.66. The maximum Gasteiger partial charge on any atom is 0.306 e. The summed E-state index contributed by atoms with van der Waals surface area (Å²) in [5.41, 5.74) is 0. The van der Waals surface area contributed by atoms with Crippen molar-refractivity contribution in [2.75, 3.05) is 47.5 Å². The van der Waals surface area contributed by atoms with Crippen molar-refractivity contribution in [2.24, 2.45) is 0 Å². The number of epoxide rings is 1. The highest BCUT2D eigenvalue weighted by Crippen LogP contribution is 2.38. The van der Waals surface area contributed by atoms with E-state index in [0.717, 1.165) is 64.2 Å². The van der Waals surface area contributed by atoms with Crippen LogP contribution in [0.2, 0.25) is 0 Å². The predicted octanol–water partition coefficient (Wildman–Crippen LogP) is 11.4. The van der Waals surface area contributed by atoms with Crippen LogP contribution in [0.5, 0.6) is 0 Å². The van der Waals surface area contributed by atoms with Gasteiger partial charge in [-0.1, -0.05) is 125 Å². The molecule has 59 heavy (non-hydrogen) atoms. The molecule has 0 aromatic rings. The molecule has 10 nitrogen and oxygen atoms in total. The molecule has 1 fully saturated rings. The Kier molecular flexibility index (Phi) is 33.3. The lowest BCUT2D eigenvalue weighted by Crippen LogP contribution is -2.37. The highest BCUT2D eigenvalue weighted by Gasteiger charge is 2.36. The molecule has 1 aliphatic rings. The number of ether oxygens (including phenoxy) is 3. The second-order valence-electron chi connectivity index (χ2n) is 16.4. The number of carbonyl (C=O) groups is 2. The van der Waals surface area contributed by atoms with Crippen LogP contribution in [0.15, 0.2) is 72.9 Å². The molecule has 11 heteroatoms. The number of allylic oxidation sites excluding steroid dienone is 10. The zero-order chi connectivity index (χ0) is 43.3. The van der Waals surface area contributed by atoms with Crippen molar-refractivity contribution in [1.82, 2.24) is 0 Å². The number of esters is 2. The van der Waals surface area contributed by atoms with Crippen LogP contribution < -0.4 is 4.89 Å². The van der Waals surface area contributed by atoms with Gasteiger partial charge in [0.1, 0.15) is 19.8 Å². The molecule has 0 N–H and O–H groups in total. The van der Waals surface area contributed by atoms with Crippen LogP contribution in [0.4, 0.5) is 0 Å². The van der Waals surface area contributed by atoms with Gasteiger partial charge < -0.3 is 32.6 Å². The fraction of sp³-hybridized carbons (Fsp3) is 0.708. The van der Waals surface area contributed by atoms with E-state index in [4.69, 9.17) is 23.3 Å². The predicted molar refractivity (Wildman–Crippen MR) is 240 cm³/mol. The fourth-order valence-corrected chi connectivity index (χ4v) is 6.60. The summed E-state index contributed by atoms with van der Waals surface area (Å²) >= 11 is 0. The van der Waals surface area contributed by atoms with Crippen molar-refractivity contribution >= 4 is 19.8 Å². The Hall–Kier alpha value is -2.59. The summed E-state index contributed by atoms with van der Waals surface area (Å²) in [5.74, 6) is -0.940. The van der Waals surface area contributed by atoms with Crippen LogP contribution in [0.3, 0.4) is 0 Å². The second kappa shape index (κ2) is 36.1. The van der Waals surface area contributed by atoms with E-state index in [9.17, 15) is 19.0 Å². The molecule has 0 saturated carbocycles. The number of quaternary nitrogens is 1. The highest BCUT2D eigenvalue weighted by molar-refractivity contribution is 7.45. The average Bonchev–Trinajstić information content (AvgIpc) is 3.94. The first-order valence-corrected chi connectivity index (χ1v) is 24.2. The van der Waals surface area contributed by atoms with Gasteiger partial charge in [-0.15, -0.1) is 0 Å². The monoisotopic (exact) mass is 848 g/mol. The third kappa shape index (κ3) is 36.9. The summed E-state index contributed by atoms with van der Waals surface area (Å²) in [4.78, 5) is 37.6. The maximum atomic E-state index is 12.7. The molecule has 0 radical (unpaired) electrons. The Labute approximate surface area is 359 Å². The summed E-state index contributed by atoms with van der Waals surface area (Å²) in [6, 6.07) is 0. The number of phosphoric ester groups is 1. The van der Waals surface area contributed by atoms with Crippen LogP contribution in [-0.4, -0.2) is 82.2 Å². The van der Waals surface area contributed by atoms with E-state index in [-0.39, 0.29) is 38.3 Å². The number of hydrogen-bond donors (Lipinski definition) is 0. The lowest BCUT2D eigenvalue weighted by molar-refractivity contribution is -0.870. The van der Waals surface area contributed by atoms with Crippen molar-refractivity contribution in [3.63, 3.8) is 0 Å². The van der Waals surface area contributed by atoms with Crippen molar-refractivity contribution in [1.29, 1.82) is 0 Å². The summed E-state index contributed by atoms with van der Waals surface area (Å²) in [5, 5.41) is 0. The number of unbranched alkanes of at least 4 members (excludes halogenated alkanes) is 11. The number of rotatable bonds is 39. The lowest BCUT2D eigenvalue weighted by Gasteiger charge is -2.28. The average molecular weight is 848 g/mol. The Bertz CT molecular complexity index is 1300. The molecular formula is C48H82NO9P. The summed E-state index contributed by atoms with van der Waals surface area (Å²) in [6.07, 6.45) is 46.7. The van der Waals surface area contributed by atoms with Gasteiger partial charge in [-0.05, 0) is 89.9 Å². The molecule has 338 valence electrons. The highest BCUT2D eigenvalue weighted by atomic mass is 31.2. The summed E-state index contributed by atoms with van der Waals surface area (Å²) in [7, 11) is 1.10. The lowest BCUT2D eigenvalue weighted by atomic mass is 10.1. The van der Waals surface area contributed by atoms with Gasteiger partial charge in [-0.25, -0.2) is 0 Å². The molecule has 0 aliphatic carbocycles. The Morgan fingerprint density at radius 2 is 1.08 bits per heavy atom. The molecule has 1 heterocycles. The molecule has 0 aromatic carbocycles. The van der Waals surface area contributed by atoms with Crippen LogP contribution in [-0.2, 0) is 37.4 Å².